The molecule has 27 heavy (non-hydrogen) atoms. The van der Waals surface area contributed by atoms with Crippen LogP contribution in [0.4, 0.5) is 5.69 Å². The molecule has 1 heterocycles. The van der Waals surface area contributed by atoms with Crippen LogP contribution in [-0.4, -0.2) is 31.5 Å². The van der Waals surface area contributed by atoms with Crippen LogP contribution in [0.25, 0.3) is 0 Å². The highest BCUT2D eigenvalue weighted by Crippen LogP contribution is 2.60. The number of ether oxygens (including phenoxy) is 1. The highest BCUT2D eigenvalue weighted by Gasteiger charge is 2.55. The van der Waals surface area contributed by atoms with Gasteiger partial charge in [-0.05, 0) is 68.4 Å². The van der Waals surface area contributed by atoms with E-state index in [1.54, 1.807) is 12.0 Å². The van der Waals surface area contributed by atoms with Crippen LogP contribution in [0.5, 0.6) is 5.75 Å². The Kier molecular flexibility index (Phi) is 3.95. The van der Waals surface area contributed by atoms with E-state index in [9.17, 15) is 9.59 Å². The molecule has 0 unspecified atom stereocenters. The minimum absolute atomic E-state index is 0.0686. The number of nitrogens with zero attached hydrogens (tertiary/aromatic N) is 1. The van der Waals surface area contributed by atoms with E-state index in [1.807, 2.05) is 24.3 Å². The van der Waals surface area contributed by atoms with Gasteiger partial charge in [-0.25, -0.2) is 0 Å². The van der Waals surface area contributed by atoms with Crippen LogP contribution in [0.2, 0.25) is 0 Å². The summed E-state index contributed by atoms with van der Waals surface area (Å²) in [4.78, 5) is 27.6. The van der Waals surface area contributed by atoms with E-state index in [4.69, 9.17) is 4.74 Å². The van der Waals surface area contributed by atoms with Gasteiger partial charge in [-0.2, -0.15) is 0 Å². The molecule has 1 aliphatic heterocycles. The van der Waals surface area contributed by atoms with E-state index < -0.39 is 0 Å². The first-order valence-electron chi connectivity index (χ1n) is 10.3. The number of benzene rings is 1. The first-order valence-corrected chi connectivity index (χ1v) is 10.3. The molecule has 4 aliphatic carbocycles. The van der Waals surface area contributed by atoms with Gasteiger partial charge in [0.15, 0.2) is 0 Å². The third kappa shape index (κ3) is 2.91. The molecule has 2 amide bonds. The number of rotatable bonds is 4. The minimum atomic E-state index is -0.152. The number of hydrogen-bond acceptors (Lipinski definition) is 3. The van der Waals surface area contributed by atoms with Crippen molar-refractivity contribution >= 4 is 17.5 Å². The predicted molar refractivity (Wildman–Crippen MR) is 102 cm³/mol. The van der Waals surface area contributed by atoms with Crippen LogP contribution in [-0.2, 0) is 9.59 Å². The smallest absolute Gasteiger partial charge is 0.229 e. The summed E-state index contributed by atoms with van der Waals surface area (Å²) in [5.41, 5.74) is 0.687. The monoisotopic (exact) mass is 368 g/mol. The number of hydrogen-bond donors (Lipinski definition) is 1. The Morgan fingerprint density at radius 3 is 2.44 bits per heavy atom. The van der Waals surface area contributed by atoms with Gasteiger partial charge in [-0.1, -0.05) is 6.07 Å². The largest absolute Gasteiger partial charge is 0.497 e. The average Bonchev–Trinajstić information content (AvgIpc) is 3.01. The zero-order valence-corrected chi connectivity index (χ0v) is 15.9. The molecule has 5 nitrogen and oxygen atoms in total. The molecule has 5 aliphatic rings. The molecule has 1 saturated heterocycles. The van der Waals surface area contributed by atoms with Crippen LogP contribution in [0, 0.1) is 23.2 Å². The summed E-state index contributed by atoms with van der Waals surface area (Å²) in [6, 6.07) is 7.47. The van der Waals surface area contributed by atoms with Crippen molar-refractivity contribution in [2.75, 3.05) is 18.6 Å². The van der Waals surface area contributed by atoms with Gasteiger partial charge in [0.2, 0.25) is 11.8 Å². The van der Waals surface area contributed by atoms with Crippen molar-refractivity contribution in [3.8, 4) is 5.75 Å². The van der Waals surface area contributed by atoms with Crippen molar-refractivity contribution in [3.05, 3.63) is 24.3 Å². The normalized spacial score (nSPS) is 36.9. The highest BCUT2D eigenvalue weighted by molar-refractivity contribution is 5.97. The number of carbonyl (C=O) groups is 2. The highest BCUT2D eigenvalue weighted by atomic mass is 16.5. The van der Waals surface area contributed by atoms with Gasteiger partial charge in [0.05, 0.1) is 13.2 Å². The fourth-order valence-corrected chi connectivity index (χ4v) is 6.56. The van der Waals surface area contributed by atoms with Crippen molar-refractivity contribution in [3.63, 3.8) is 0 Å². The standard InChI is InChI=1S/C22H28N2O3/c1-27-19-4-2-3-18(9-19)24-13-17(8-20(24)25)23-21(26)22-10-14-5-15(11-22)7-16(6-14)12-22/h2-4,9,14-17H,5-8,10-13H2,1H3,(H,23,26)/t14?,15?,16?,17-,22?/m1/s1. The van der Waals surface area contributed by atoms with Gasteiger partial charge in [-0.3, -0.25) is 9.59 Å². The summed E-state index contributed by atoms with van der Waals surface area (Å²) >= 11 is 0. The average molecular weight is 368 g/mol. The van der Waals surface area contributed by atoms with E-state index in [1.165, 1.54) is 19.3 Å². The summed E-state index contributed by atoms with van der Waals surface area (Å²) < 4.78 is 5.27. The molecular weight excluding hydrogens is 340 g/mol. The number of nitrogens with one attached hydrogen (secondary N) is 1. The van der Waals surface area contributed by atoms with Crippen LogP contribution in [0.1, 0.15) is 44.9 Å². The van der Waals surface area contributed by atoms with Crippen LogP contribution < -0.4 is 15.0 Å². The van der Waals surface area contributed by atoms with E-state index in [0.717, 1.165) is 48.5 Å². The van der Waals surface area contributed by atoms with E-state index in [2.05, 4.69) is 5.32 Å². The molecule has 5 heteroatoms. The Labute approximate surface area is 160 Å². The van der Waals surface area contributed by atoms with Crippen LogP contribution >= 0.6 is 0 Å². The lowest BCUT2D eigenvalue weighted by molar-refractivity contribution is -0.146. The molecule has 0 radical (unpaired) electrons. The topological polar surface area (TPSA) is 58.6 Å². The van der Waals surface area contributed by atoms with Crippen molar-refractivity contribution in [1.82, 2.24) is 5.32 Å². The van der Waals surface area contributed by atoms with Gasteiger partial charge in [-0.15, -0.1) is 0 Å². The van der Waals surface area contributed by atoms with Crippen molar-refractivity contribution in [2.45, 2.75) is 51.0 Å². The Morgan fingerprint density at radius 1 is 1.15 bits per heavy atom. The molecule has 6 rings (SSSR count). The third-order valence-electron chi connectivity index (χ3n) is 7.35. The maximum atomic E-state index is 13.2. The van der Waals surface area contributed by atoms with Gasteiger partial charge >= 0.3 is 0 Å². The Morgan fingerprint density at radius 2 is 1.81 bits per heavy atom. The molecule has 1 N–H and O–H groups in total. The maximum absolute atomic E-state index is 13.2. The van der Waals surface area contributed by atoms with Gasteiger partial charge in [0, 0.05) is 30.1 Å². The summed E-state index contributed by atoms with van der Waals surface area (Å²) in [5, 5.41) is 3.26. The fourth-order valence-electron chi connectivity index (χ4n) is 6.56. The first-order chi connectivity index (χ1) is 13.0. The van der Waals surface area contributed by atoms with E-state index >= 15 is 0 Å². The zero-order valence-electron chi connectivity index (χ0n) is 15.9. The lowest BCUT2D eigenvalue weighted by Gasteiger charge is -2.55. The molecule has 144 valence electrons. The zero-order chi connectivity index (χ0) is 18.6. The Hall–Kier alpha value is -2.04. The lowest BCUT2D eigenvalue weighted by atomic mass is 9.49. The fraction of sp³-hybridized carbons (Fsp3) is 0.636. The SMILES string of the molecule is COc1cccc(N2C[C@H](NC(=O)C34CC5CC(CC(C5)C3)C4)CC2=O)c1. The number of amides is 2. The second kappa shape index (κ2) is 6.25. The predicted octanol–water partition coefficient (Wildman–Crippen LogP) is 3.13. The number of methoxy groups -OCH3 is 1. The molecular formula is C22H28N2O3. The Bertz CT molecular complexity index is 739. The van der Waals surface area contributed by atoms with Crippen molar-refractivity contribution in [2.24, 2.45) is 23.2 Å². The molecule has 1 atom stereocenters. The molecule has 1 aromatic carbocycles. The van der Waals surface area contributed by atoms with Crippen molar-refractivity contribution < 1.29 is 14.3 Å². The molecule has 4 bridgehead atoms. The van der Waals surface area contributed by atoms with Gasteiger partial charge in [0.1, 0.15) is 5.75 Å². The summed E-state index contributed by atoms with van der Waals surface area (Å²) in [6.45, 7) is 0.546. The molecule has 1 aromatic rings. The minimum Gasteiger partial charge on any atom is -0.497 e. The van der Waals surface area contributed by atoms with Crippen LogP contribution in [0.3, 0.4) is 0 Å². The van der Waals surface area contributed by atoms with E-state index in [0.29, 0.717) is 13.0 Å². The van der Waals surface area contributed by atoms with Gasteiger partial charge in [0.25, 0.3) is 0 Å². The number of carbonyl (C=O) groups excluding carboxylic acids is 2. The number of anilines is 1. The first kappa shape index (κ1) is 17.1. The summed E-state index contributed by atoms with van der Waals surface area (Å²) in [6.07, 6.45) is 7.56. The maximum Gasteiger partial charge on any atom is 0.229 e. The molecule has 4 saturated carbocycles. The van der Waals surface area contributed by atoms with E-state index in [-0.39, 0.29) is 23.3 Å². The van der Waals surface area contributed by atoms with Crippen molar-refractivity contribution in [1.29, 1.82) is 0 Å². The molecule has 0 aromatic heterocycles. The quantitative estimate of drug-likeness (QED) is 0.888. The molecule has 5 fully saturated rings. The second-order valence-corrected chi connectivity index (χ2v) is 9.28. The third-order valence-corrected chi connectivity index (χ3v) is 7.35. The second-order valence-electron chi connectivity index (χ2n) is 9.28. The molecule has 0 spiro atoms. The Balaban J connectivity index is 1.28. The lowest BCUT2D eigenvalue weighted by Crippen LogP contribution is -2.55. The van der Waals surface area contributed by atoms with Crippen LogP contribution in [0.15, 0.2) is 24.3 Å². The summed E-state index contributed by atoms with van der Waals surface area (Å²) in [5.74, 6) is 3.27. The van der Waals surface area contributed by atoms with Gasteiger partial charge < -0.3 is 15.0 Å². The summed E-state index contributed by atoms with van der Waals surface area (Å²) in [7, 11) is 1.62.